The van der Waals surface area contributed by atoms with E-state index in [4.69, 9.17) is 11.6 Å². The van der Waals surface area contributed by atoms with Gasteiger partial charge in [0, 0.05) is 22.0 Å². The van der Waals surface area contributed by atoms with E-state index in [1.54, 1.807) is 30.3 Å². The highest BCUT2D eigenvalue weighted by Crippen LogP contribution is 2.22. The molecular weight excluding hydrogens is 364 g/mol. The minimum Gasteiger partial charge on any atom is -0.339 e. The topological polar surface area (TPSA) is 84.0 Å². The molecule has 0 fully saturated rings. The van der Waals surface area contributed by atoms with Crippen molar-refractivity contribution in [2.24, 2.45) is 0 Å². The van der Waals surface area contributed by atoms with Crippen LogP contribution in [0.2, 0.25) is 5.02 Å². The second-order valence-corrected chi connectivity index (χ2v) is 6.40. The monoisotopic (exact) mass is 380 g/mol. The molecule has 0 radical (unpaired) electrons. The van der Waals surface area contributed by atoms with E-state index in [9.17, 15) is 9.59 Å². The van der Waals surface area contributed by atoms with Crippen LogP contribution in [0.3, 0.4) is 0 Å². The zero-order valence-electron chi connectivity index (χ0n) is 14.8. The summed E-state index contributed by atoms with van der Waals surface area (Å²) in [5, 5.41) is 6.52. The molecule has 0 saturated heterocycles. The molecule has 0 aliphatic heterocycles. The van der Waals surface area contributed by atoms with E-state index in [0.717, 1.165) is 11.3 Å². The lowest BCUT2D eigenvalue weighted by atomic mass is 10.1. The molecule has 0 bridgehead atoms. The molecule has 3 aromatic rings. The smallest absolute Gasteiger partial charge is 0.275 e. The Morgan fingerprint density at radius 2 is 1.74 bits per heavy atom. The SMILES string of the molecule is CC(=O)c1ccc(NC(=O)c2cnc(Nc3ccc(Cl)cc3C)cn2)cc1. The molecule has 7 heteroatoms. The molecule has 0 aliphatic carbocycles. The molecule has 136 valence electrons. The van der Waals surface area contributed by atoms with Crippen molar-refractivity contribution in [3.63, 3.8) is 0 Å². The summed E-state index contributed by atoms with van der Waals surface area (Å²) in [5.41, 5.74) is 3.17. The van der Waals surface area contributed by atoms with E-state index in [2.05, 4.69) is 20.6 Å². The average Bonchev–Trinajstić information content (AvgIpc) is 2.65. The molecular formula is C20H17ClN4O2. The number of hydrogen-bond donors (Lipinski definition) is 2. The third kappa shape index (κ3) is 4.68. The Bertz CT molecular complexity index is 986. The van der Waals surface area contributed by atoms with Crippen LogP contribution >= 0.6 is 11.6 Å². The van der Waals surface area contributed by atoms with Gasteiger partial charge in [0.15, 0.2) is 5.78 Å². The van der Waals surface area contributed by atoms with Gasteiger partial charge in [-0.2, -0.15) is 0 Å². The lowest BCUT2D eigenvalue weighted by molar-refractivity contribution is 0.101. The van der Waals surface area contributed by atoms with Crippen molar-refractivity contribution in [1.82, 2.24) is 9.97 Å². The van der Waals surface area contributed by atoms with Crippen LogP contribution in [0.5, 0.6) is 0 Å². The molecule has 6 nitrogen and oxygen atoms in total. The fraction of sp³-hybridized carbons (Fsp3) is 0.100. The lowest BCUT2D eigenvalue weighted by Crippen LogP contribution is -2.14. The van der Waals surface area contributed by atoms with Crippen molar-refractivity contribution in [2.45, 2.75) is 13.8 Å². The summed E-state index contributed by atoms with van der Waals surface area (Å²) < 4.78 is 0. The Labute approximate surface area is 161 Å². The summed E-state index contributed by atoms with van der Waals surface area (Å²) >= 11 is 5.95. The molecule has 0 saturated carbocycles. The Kier molecular flexibility index (Phi) is 5.47. The molecule has 3 rings (SSSR count). The number of Topliss-reactive ketones (excluding diaryl/α,β-unsaturated/α-hetero) is 1. The van der Waals surface area contributed by atoms with Crippen LogP contribution in [-0.2, 0) is 0 Å². The maximum atomic E-state index is 12.3. The van der Waals surface area contributed by atoms with Gasteiger partial charge in [0.2, 0.25) is 0 Å². The van der Waals surface area contributed by atoms with Gasteiger partial charge in [-0.1, -0.05) is 11.6 Å². The van der Waals surface area contributed by atoms with Gasteiger partial charge in [-0.25, -0.2) is 9.97 Å². The number of carbonyl (C=O) groups excluding carboxylic acids is 2. The summed E-state index contributed by atoms with van der Waals surface area (Å²) in [6, 6.07) is 12.1. The van der Waals surface area contributed by atoms with E-state index in [1.165, 1.54) is 19.3 Å². The number of anilines is 3. The van der Waals surface area contributed by atoms with E-state index in [0.29, 0.717) is 22.1 Å². The van der Waals surface area contributed by atoms with Crippen LogP contribution in [0.1, 0.15) is 33.3 Å². The first-order valence-electron chi connectivity index (χ1n) is 8.20. The summed E-state index contributed by atoms with van der Waals surface area (Å²) in [7, 11) is 0. The number of halogens is 1. The number of rotatable bonds is 5. The van der Waals surface area contributed by atoms with Crippen LogP contribution in [0, 0.1) is 6.92 Å². The van der Waals surface area contributed by atoms with Crippen molar-refractivity contribution < 1.29 is 9.59 Å². The van der Waals surface area contributed by atoms with Gasteiger partial charge in [-0.3, -0.25) is 9.59 Å². The van der Waals surface area contributed by atoms with Gasteiger partial charge in [-0.05, 0) is 61.9 Å². The molecule has 0 unspecified atom stereocenters. The van der Waals surface area contributed by atoms with Gasteiger partial charge in [0.05, 0.1) is 12.4 Å². The molecule has 0 aliphatic rings. The number of ketones is 1. The number of aryl methyl sites for hydroxylation is 1. The Balaban J connectivity index is 1.67. The van der Waals surface area contributed by atoms with Crippen molar-refractivity contribution in [2.75, 3.05) is 10.6 Å². The first kappa shape index (κ1) is 18.5. The van der Waals surface area contributed by atoms with E-state index in [1.807, 2.05) is 19.1 Å². The Hall–Kier alpha value is -3.25. The number of hydrogen-bond acceptors (Lipinski definition) is 5. The molecule has 2 N–H and O–H groups in total. The molecule has 1 heterocycles. The average molecular weight is 381 g/mol. The maximum absolute atomic E-state index is 12.3. The van der Waals surface area contributed by atoms with E-state index in [-0.39, 0.29) is 17.4 Å². The predicted octanol–water partition coefficient (Wildman–Crippen LogP) is 4.64. The second-order valence-electron chi connectivity index (χ2n) is 5.96. The molecule has 27 heavy (non-hydrogen) atoms. The van der Waals surface area contributed by atoms with Crippen molar-refractivity contribution in [3.05, 3.63) is 76.7 Å². The normalized spacial score (nSPS) is 10.3. The van der Waals surface area contributed by atoms with Crippen LogP contribution in [0.15, 0.2) is 54.9 Å². The lowest BCUT2D eigenvalue weighted by Gasteiger charge is -2.09. The van der Waals surface area contributed by atoms with Gasteiger partial charge in [0.25, 0.3) is 5.91 Å². The third-order valence-corrected chi connectivity index (χ3v) is 4.12. The largest absolute Gasteiger partial charge is 0.339 e. The zero-order chi connectivity index (χ0) is 19.4. The fourth-order valence-corrected chi connectivity index (χ4v) is 2.63. The molecule has 0 spiro atoms. The number of nitrogens with zero attached hydrogens (tertiary/aromatic N) is 2. The zero-order valence-corrected chi connectivity index (χ0v) is 15.5. The van der Waals surface area contributed by atoms with Gasteiger partial charge >= 0.3 is 0 Å². The molecule has 2 aromatic carbocycles. The van der Waals surface area contributed by atoms with Gasteiger partial charge in [0.1, 0.15) is 11.5 Å². The van der Waals surface area contributed by atoms with E-state index >= 15 is 0 Å². The van der Waals surface area contributed by atoms with Gasteiger partial charge in [-0.15, -0.1) is 0 Å². The molecule has 0 atom stereocenters. The van der Waals surface area contributed by atoms with Crippen molar-refractivity contribution >= 4 is 40.5 Å². The highest BCUT2D eigenvalue weighted by Gasteiger charge is 2.10. The van der Waals surface area contributed by atoms with Crippen LogP contribution in [0.25, 0.3) is 0 Å². The first-order chi connectivity index (χ1) is 12.9. The number of nitrogens with one attached hydrogen (secondary N) is 2. The highest BCUT2D eigenvalue weighted by molar-refractivity contribution is 6.30. The minimum atomic E-state index is -0.382. The van der Waals surface area contributed by atoms with Crippen molar-refractivity contribution in [3.8, 4) is 0 Å². The van der Waals surface area contributed by atoms with Gasteiger partial charge < -0.3 is 10.6 Å². The Morgan fingerprint density at radius 3 is 2.33 bits per heavy atom. The number of amides is 1. The summed E-state index contributed by atoms with van der Waals surface area (Å²) in [5.74, 6) is 0.104. The standard InChI is InChI=1S/C20H17ClN4O2/c1-12-9-15(21)5-8-17(12)25-19-11-22-18(10-23-19)20(27)24-16-6-3-14(4-7-16)13(2)26/h3-11H,1-2H3,(H,23,25)(H,24,27). The van der Waals surface area contributed by atoms with Crippen LogP contribution in [-0.4, -0.2) is 21.7 Å². The fourth-order valence-electron chi connectivity index (χ4n) is 2.40. The Morgan fingerprint density at radius 1 is 1.00 bits per heavy atom. The summed E-state index contributed by atoms with van der Waals surface area (Å²) in [6.07, 6.45) is 2.88. The first-order valence-corrected chi connectivity index (χ1v) is 8.58. The number of aromatic nitrogens is 2. The third-order valence-electron chi connectivity index (χ3n) is 3.88. The number of benzene rings is 2. The second kappa shape index (κ2) is 7.97. The van der Waals surface area contributed by atoms with Crippen LogP contribution < -0.4 is 10.6 Å². The molecule has 1 aromatic heterocycles. The van der Waals surface area contributed by atoms with E-state index < -0.39 is 0 Å². The maximum Gasteiger partial charge on any atom is 0.275 e. The minimum absolute atomic E-state index is 0.0299. The molecule has 1 amide bonds. The number of carbonyl (C=O) groups is 2. The summed E-state index contributed by atoms with van der Waals surface area (Å²) in [4.78, 5) is 31.9. The van der Waals surface area contributed by atoms with Crippen molar-refractivity contribution in [1.29, 1.82) is 0 Å². The highest BCUT2D eigenvalue weighted by atomic mass is 35.5. The van der Waals surface area contributed by atoms with Crippen LogP contribution in [0.4, 0.5) is 17.2 Å². The summed E-state index contributed by atoms with van der Waals surface area (Å²) in [6.45, 7) is 3.42. The predicted molar refractivity (Wildman–Crippen MR) is 106 cm³/mol. The quantitative estimate of drug-likeness (QED) is 0.630.